The number of alkyl halides is 3. The summed E-state index contributed by atoms with van der Waals surface area (Å²) in [6, 6.07) is 21.8. The van der Waals surface area contributed by atoms with Crippen LogP contribution < -0.4 is 5.32 Å². The first-order valence-electron chi connectivity index (χ1n) is 11.5. The Labute approximate surface area is 201 Å². The van der Waals surface area contributed by atoms with Gasteiger partial charge in [-0.3, -0.25) is 4.98 Å². The Kier molecular flexibility index (Phi) is 7.66. The van der Waals surface area contributed by atoms with Crippen LogP contribution in [0, 0.1) is 5.82 Å². The molecule has 182 valence electrons. The van der Waals surface area contributed by atoms with Gasteiger partial charge in [0.2, 0.25) is 0 Å². The molecular weight excluding hydrogens is 456 g/mol. The van der Waals surface area contributed by atoms with Crippen LogP contribution in [-0.2, 0) is 19.1 Å². The predicted octanol–water partition coefficient (Wildman–Crippen LogP) is 7.02. The number of phenolic OH excluding ortho intramolecular Hbond substituents is 1. The molecule has 0 aliphatic heterocycles. The van der Waals surface area contributed by atoms with E-state index in [4.69, 9.17) is 5.11 Å². The number of aromatic hydroxyl groups is 1. The molecule has 5 rings (SSSR count). The van der Waals surface area contributed by atoms with Crippen LogP contribution in [0.5, 0.6) is 5.75 Å². The normalized spacial score (nSPS) is 13.7. The molecule has 1 aromatic heterocycles. The lowest BCUT2D eigenvalue weighted by molar-refractivity contribution is -0.140. The molecule has 0 spiro atoms. The van der Waals surface area contributed by atoms with Crippen molar-refractivity contribution in [2.45, 2.75) is 44.4 Å². The van der Waals surface area contributed by atoms with Crippen LogP contribution in [0.4, 0.5) is 17.6 Å². The minimum atomic E-state index is -4.76. The van der Waals surface area contributed by atoms with Gasteiger partial charge in [-0.15, -0.1) is 0 Å². The van der Waals surface area contributed by atoms with Crippen LogP contribution in [0.2, 0.25) is 0 Å². The molecule has 0 radical (unpaired) electrons. The van der Waals surface area contributed by atoms with E-state index in [0.717, 1.165) is 30.8 Å². The van der Waals surface area contributed by atoms with E-state index in [-0.39, 0.29) is 0 Å². The molecule has 3 aromatic carbocycles. The monoisotopic (exact) mass is 482 g/mol. The van der Waals surface area contributed by atoms with Gasteiger partial charge in [0.15, 0.2) is 0 Å². The van der Waals surface area contributed by atoms with Gasteiger partial charge < -0.3 is 10.4 Å². The molecule has 0 bridgehead atoms. The highest BCUT2D eigenvalue weighted by molar-refractivity contribution is 5.85. The Balaban J connectivity index is 0.000000204. The molecule has 3 nitrogen and oxygen atoms in total. The van der Waals surface area contributed by atoms with Crippen molar-refractivity contribution >= 4 is 10.8 Å². The van der Waals surface area contributed by atoms with Crippen LogP contribution in [0.1, 0.15) is 41.6 Å². The average Bonchev–Trinajstić information content (AvgIpc) is 2.80. The van der Waals surface area contributed by atoms with Gasteiger partial charge in [-0.05, 0) is 53.6 Å². The maximum atomic E-state index is 12.4. The van der Waals surface area contributed by atoms with Crippen molar-refractivity contribution in [1.82, 2.24) is 10.3 Å². The molecule has 7 heteroatoms. The molecule has 1 heterocycles. The molecule has 0 amide bonds. The Morgan fingerprint density at radius 2 is 1.71 bits per heavy atom. The van der Waals surface area contributed by atoms with Crippen molar-refractivity contribution < 1.29 is 22.7 Å². The number of hydrogen-bond acceptors (Lipinski definition) is 3. The molecule has 0 unspecified atom stereocenters. The third-order valence-corrected chi connectivity index (χ3v) is 6.08. The van der Waals surface area contributed by atoms with Crippen LogP contribution in [0.3, 0.4) is 0 Å². The first kappa shape index (κ1) is 24.7. The summed E-state index contributed by atoms with van der Waals surface area (Å²) in [5.41, 5.74) is 2.37. The number of pyridine rings is 1. The first-order chi connectivity index (χ1) is 16.8. The Morgan fingerprint density at radius 1 is 0.943 bits per heavy atom. The maximum absolute atomic E-state index is 12.4. The minimum Gasteiger partial charge on any atom is -0.508 e. The van der Waals surface area contributed by atoms with E-state index in [1.54, 1.807) is 0 Å². The summed E-state index contributed by atoms with van der Waals surface area (Å²) in [5, 5.41) is 14.9. The molecule has 0 atom stereocenters. The second-order valence-electron chi connectivity index (χ2n) is 8.65. The van der Waals surface area contributed by atoms with Crippen molar-refractivity contribution in [2.24, 2.45) is 0 Å². The Hall–Kier alpha value is -3.45. The van der Waals surface area contributed by atoms with Crippen molar-refractivity contribution in [1.29, 1.82) is 0 Å². The van der Waals surface area contributed by atoms with E-state index in [2.05, 4.69) is 64.9 Å². The van der Waals surface area contributed by atoms with Crippen LogP contribution in [0.25, 0.3) is 10.8 Å². The number of phenols is 1. The average molecular weight is 483 g/mol. The van der Waals surface area contributed by atoms with Crippen molar-refractivity contribution in [3.8, 4) is 5.75 Å². The summed E-state index contributed by atoms with van der Waals surface area (Å²) in [6.45, 7) is 0.955. The van der Waals surface area contributed by atoms with E-state index in [9.17, 15) is 17.6 Å². The van der Waals surface area contributed by atoms with Gasteiger partial charge in [-0.2, -0.15) is 13.2 Å². The first-order valence-corrected chi connectivity index (χ1v) is 11.5. The lowest BCUT2D eigenvalue weighted by Gasteiger charge is -2.26. The zero-order valence-electron chi connectivity index (χ0n) is 19.0. The van der Waals surface area contributed by atoms with Crippen molar-refractivity contribution in [3.63, 3.8) is 0 Å². The van der Waals surface area contributed by atoms with Crippen molar-refractivity contribution in [3.05, 3.63) is 107 Å². The van der Waals surface area contributed by atoms with Crippen molar-refractivity contribution in [2.75, 3.05) is 0 Å². The smallest absolute Gasteiger partial charge is 0.419 e. The van der Waals surface area contributed by atoms with Crippen LogP contribution in [-0.4, -0.2) is 16.1 Å². The highest BCUT2D eigenvalue weighted by atomic mass is 19.4. The fourth-order valence-corrected chi connectivity index (χ4v) is 3.93. The topological polar surface area (TPSA) is 45.1 Å². The van der Waals surface area contributed by atoms with Gasteiger partial charge in [0, 0.05) is 36.3 Å². The van der Waals surface area contributed by atoms with Gasteiger partial charge in [-0.1, -0.05) is 55.0 Å². The summed E-state index contributed by atoms with van der Waals surface area (Å²) >= 11 is 0. The van der Waals surface area contributed by atoms with E-state index in [1.807, 2.05) is 6.20 Å². The van der Waals surface area contributed by atoms with Crippen LogP contribution >= 0.6 is 0 Å². The Bertz CT molecular complexity index is 1270. The molecule has 4 aromatic rings. The second kappa shape index (κ2) is 10.9. The zero-order chi connectivity index (χ0) is 24.8. The molecule has 0 saturated heterocycles. The maximum Gasteiger partial charge on any atom is 0.419 e. The van der Waals surface area contributed by atoms with Gasteiger partial charge >= 0.3 is 6.18 Å². The van der Waals surface area contributed by atoms with Crippen LogP contribution in [0.15, 0.2) is 79.0 Å². The molecular formula is C28H26F4N2O. The number of halogens is 4. The molecule has 1 aliphatic carbocycles. The second-order valence-corrected chi connectivity index (χ2v) is 8.65. The number of nitrogens with zero attached hydrogens (tertiary/aromatic N) is 1. The van der Waals surface area contributed by atoms with Gasteiger partial charge in [0.05, 0.1) is 5.56 Å². The summed E-state index contributed by atoms with van der Waals surface area (Å²) in [5.74, 6) is -2.00. The largest absolute Gasteiger partial charge is 0.508 e. The summed E-state index contributed by atoms with van der Waals surface area (Å²) in [4.78, 5) is 4.65. The standard InChI is InChI=1S/C21H22N2.C7H4F4O/c1-2-6-16(7-3-1)12-20-13-21-17(14-22-19-10-5-11-19)8-4-9-18(21)15-23-20;8-6-2-1-4(12)3-5(6)7(9,10)11/h1-4,6-9,13,15,19,22H,5,10-12,14H2;1-3,12H. The van der Waals surface area contributed by atoms with Gasteiger partial charge in [0.25, 0.3) is 0 Å². The summed E-state index contributed by atoms with van der Waals surface area (Å²) in [7, 11) is 0. The molecule has 1 saturated carbocycles. The summed E-state index contributed by atoms with van der Waals surface area (Å²) < 4.78 is 48.1. The quantitative estimate of drug-likeness (QED) is 0.301. The van der Waals surface area contributed by atoms with E-state index in [1.165, 1.54) is 41.2 Å². The number of nitrogens with one attached hydrogen (secondary N) is 1. The fourth-order valence-electron chi connectivity index (χ4n) is 3.93. The number of rotatable bonds is 5. The molecule has 2 N–H and O–H groups in total. The third kappa shape index (κ3) is 6.57. The Morgan fingerprint density at radius 3 is 2.37 bits per heavy atom. The third-order valence-electron chi connectivity index (χ3n) is 6.08. The lowest BCUT2D eigenvalue weighted by Crippen LogP contribution is -2.34. The lowest BCUT2D eigenvalue weighted by atomic mass is 9.93. The fraction of sp³-hybridized carbons (Fsp3) is 0.250. The highest BCUT2D eigenvalue weighted by Gasteiger charge is 2.34. The molecule has 1 aliphatic rings. The molecule has 1 fully saturated rings. The van der Waals surface area contributed by atoms with Gasteiger partial charge in [0.1, 0.15) is 11.6 Å². The SMILES string of the molecule is Oc1ccc(F)c(C(F)(F)F)c1.c1ccc(Cc2cc3c(CNC4CCC4)cccc3cn2)cc1. The number of aromatic nitrogens is 1. The minimum absolute atomic E-state index is 0.343. The highest BCUT2D eigenvalue weighted by Crippen LogP contribution is 2.33. The summed E-state index contributed by atoms with van der Waals surface area (Å²) in [6.07, 6.45) is 2.17. The number of hydrogen-bond donors (Lipinski definition) is 2. The predicted molar refractivity (Wildman–Crippen MR) is 129 cm³/mol. The molecule has 35 heavy (non-hydrogen) atoms. The van der Waals surface area contributed by atoms with Gasteiger partial charge in [-0.25, -0.2) is 4.39 Å². The van der Waals surface area contributed by atoms with E-state index >= 15 is 0 Å². The number of benzene rings is 3. The van der Waals surface area contributed by atoms with E-state index in [0.29, 0.717) is 12.1 Å². The number of fused-ring (bicyclic) bond motifs is 1. The zero-order valence-corrected chi connectivity index (χ0v) is 19.0. The van der Waals surface area contributed by atoms with E-state index < -0.39 is 23.3 Å².